The van der Waals surface area contributed by atoms with E-state index in [-0.39, 0.29) is 18.9 Å². The van der Waals surface area contributed by atoms with Crippen molar-refractivity contribution < 1.29 is 19.4 Å². The molecule has 1 fully saturated rings. The highest BCUT2D eigenvalue weighted by atomic mass is 16.6. The highest BCUT2D eigenvalue weighted by molar-refractivity contribution is 5.88. The number of carbonyl (C=O) groups is 2. The predicted molar refractivity (Wildman–Crippen MR) is 73.6 cm³/mol. The van der Waals surface area contributed by atoms with Crippen LogP contribution >= 0.6 is 0 Å². The van der Waals surface area contributed by atoms with Crippen LogP contribution in [-0.2, 0) is 14.3 Å². The van der Waals surface area contributed by atoms with Crippen molar-refractivity contribution in [3.05, 3.63) is 0 Å². The molecule has 7 heteroatoms. The van der Waals surface area contributed by atoms with Gasteiger partial charge in [0.15, 0.2) is 5.78 Å². The lowest BCUT2D eigenvalue weighted by molar-refractivity contribution is -0.219. The second-order valence-electron chi connectivity index (χ2n) is 5.44. The van der Waals surface area contributed by atoms with Crippen LogP contribution in [0.2, 0.25) is 0 Å². The Morgan fingerprint density at radius 3 is 2.90 bits per heavy atom. The molecule has 1 heterocycles. The third-order valence-electron chi connectivity index (χ3n) is 3.38. The smallest absolute Gasteiger partial charge is 0.244 e. The van der Waals surface area contributed by atoms with Crippen LogP contribution in [0.1, 0.15) is 32.6 Å². The van der Waals surface area contributed by atoms with Crippen molar-refractivity contribution in [2.45, 2.75) is 44.4 Å². The minimum absolute atomic E-state index is 0.0806. The minimum atomic E-state index is -1.92. The zero-order chi connectivity index (χ0) is 15.2. The van der Waals surface area contributed by atoms with Crippen molar-refractivity contribution >= 4 is 11.7 Å². The molecule has 0 aromatic carbocycles. The molecular weight excluding hydrogens is 262 g/mol. The van der Waals surface area contributed by atoms with Crippen LogP contribution in [0.15, 0.2) is 0 Å². The zero-order valence-electron chi connectivity index (χ0n) is 11.9. The molecule has 3 atom stereocenters. The first-order valence-corrected chi connectivity index (χ1v) is 7.02. The number of ketones is 1. The van der Waals surface area contributed by atoms with Gasteiger partial charge in [0.25, 0.3) is 0 Å². The van der Waals surface area contributed by atoms with Crippen LogP contribution in [0, 0.1) is 5.92 Å². The summed E-state index contributed by atoms with van der Waals surface area (Å²) < 4.78 is 5.15. The monoisotopic (exact) mass is 287 g/mol. The summed E-state index contributed by atoms with van der Waals surface area (Å²) >= 11 is 0. The first kappa shape index (κ1) is 17.0. The van der Waals surface area contributed by atoms with Crippen molar-refractivity contribution in [1.82, 2.24) is 5.32 Å². The molecule has 0 saturated carbocycles. The van der Waals surface area contributed by atoms with Gasteiger partial charge in [-0.3, -0.25) is 9.59 Å². The van der Waals surface area contributed by atoms with Crippen LogP contribution in [0.25, 0.3) is 0 Å². The predicted octanol–water partition coefficient (Wildman–Crippen LogP) is -1.13. The molecule has 20 heavy (non-hydrogen) atoms. The Kier molecular flexibility index (Phi) is 6.54. The molecule has 1 aliphatic rings. The quantitative estimate of drug-likeness (QED) is 0.439. The van der Waals surface area contributed by atoms with Gasteiger partial charge in [-0.05, 0) is 25.3 Å². The van der Waals surface area contributed by atoms with E-state index in [4.69, 9.17) is 16.2 Å². The van der Waals surface area contributed by atoms with E-state index in [0.29, 0.717) is 19.6 Å². The zero-order valence-corrected chi connectivity index (χ0v) is 11.9. The highest BCUT2D eigenvalue weighted by Crippen LogP contribution is 2.21. The molecular formula is C13H25N3O4. The summed E-state index contributed by atoms with van der Waals surface area (Å²) in [5, 5.41) is 12.5. The van der Waals surface area contributed by atoms with Crippen molar-refractivity contribution in [2.75, 3.05) is 19.7 Å². The summed E-state index contributed by atoms with van der Waals surface area (Å²) in [5.41, 5.74) is 11.1. The molecule has 0 spiro atoms. The van der Waals surface area contributed by atoms with Gasteiger partial charge in [-0.15, -0.1) is 0 Å². The number of nitrogens with one attached hydrogen (secondary N) is 1. The Morgan fingerprint density at radius 1 is 1.60 bits per heavy atom. The molecule has 0 aliphatic carbocycles. The Balaban J connectivity index is 2.37. The molecule has 1 amide bonds. The fourth-order valence-corrected chi connectivity index (χ4v) is 2.02. The van der Waals surface area contributed by atoms with Crippen molar-refractivity contribution in [2.24, 2.45) is 17.4 Å². The molecule has 1 saturated heterocycles. The average Bonchev–Trinajstić information content (AvgIpc) is 2.41. The summed E-state index contributed by atoms with van der Waals surface area (Å²) in [6.45, 7) is 2.46. The van der Waals surface area contributed by atoms with Gasteiger partial charge in [0.05, 0.1) is 19.2 Å². The van der Waals surface area contributed by atoms with Gasteiger partial charge in [0, 0.05) is 6.42 Å². The number of Topliss-reactive ketones (excluding diaryl/α,β-unsaturated/α-hetero) is 1. The molecule has 6 N–H and O–H groups in total. The average molecular weight is 287 g/mol. The first-order chi connectivity index (χ1) is 9.39. The molecule has 7 nitrogen and oxygen atoms in total. The van der Waals surface area contributed by atoms with Gasteiger partial charge in [-0.2, -0.15) is 0 Å². The number of aliphatic hydroxyl groups is 1. The number of hydrogen-bond acceptors (Lipinski definition) is 6. The maximum absolute atomic E-state index is 11.7. The summed E-state index contributed by atoms with van der Waals surface area (Å²) in [5.74, 6) is -2.64. The number of carbonyl (C=O) groups excluding carboxylic acids is 2. The molecule has 1 aliphatic heterocycles. The SMILES string of the molecule is CC1CO[C@](O)(CNC(=O)[C@@H](N)CCCCN)C(=O)C1. The van der Waals surface area contributed by atoms with E-state index in [0.717, 1.165) is 12.8 Å². The van der Waals surface area contributed by atoms with E-state index in [1.165, 1.54) is 0 Å². The molecule has 1 rings (SSSR count). The van der Waals surface area contributed by atoms with Crippen LogP contribution in [0.4, 0.5) is 0 Å². The third kappa shape index (κ3) is 4.82. The van der Waals surface area contributed by atoms with Gasteiger partial charge in [-0.1, -0.05) is 13.3 Å². The molecule has 0 bridgehead atoms. The Morgan fingerprint density at radius 2 is 2.30 bits per heavy atom. The number of unbranched alkanes of at least 4 members (excludes halogenated alkanes) is 1. The van der Waals surface area contributed by atoms with Gasteiger partial charge in [0.2, 0.25) is 11.7 Å². The van der Waals surface area contributed by atoms with Crippen molar-refractivity contribution in [3.63, 3.8) is 0 Å². The van der Waals surface area contributed by atoms with Crippen LogP contribution < -0.4 is 16.8 Å². The lowest BCUT2D eigenvalue weighted by Gasteiger charge is -2.33. The molecule has 0 aromatic rings. The summed E-state index contributed by atoms with van der Waals surface area (Å²) in [7, 11) is 0. The number of amides is 1. The van der Waals surface area contributed by atoms with E-state index in [1.807, 2.05) is 6.92 Å². The fourth-order valence-electron chi connectivity index (χ4n) is 2.02. The number of nitrogens with two attached hydrogens (primary N) is 2. The first-order valence-electron chi connectivity index (χ1n) is 7.02. The van der Waals surface area contributed by atoms with Crippen LogP contribution in [-0.4, -0.2) is 48.3 Å². The van der Waals surface area contributed by atoms with E-state index in [9.17, 15) is 14.7 Å². The van der Waals surface area contributed by atoms with Crippen molar-refractivity contribution in [1.29, 1.82) is 0 Å². The van der Waals surface area contributed by atoms with Gasteiger partial charge in [0.1, 0.15) is 0 Å². The number of rotatable bonds is 7. The number of hydrogen-bond donors (Lipinski definition) is 4. The van der Waals surface area contributed by atoms with E-state index >= 15 is 0 Å². The van der Waals surface area contributed by atoms with Crippen LogP contribution in [0.5, 0.6) is 0 Å². The molecule has 1 unspecified atom stereocenters. The lowest BCUT2D eigenvalue weighted by Crippen LogP contribution is -2.56. The van der Waals surface area contributed by atoms with Crippen LogP contribution in [0.3, 0.4) is 0 Å². The third-order valence-corrected chi connectivity index (χ3v) is 3.38. The molecule has 0 radical (unpaired) electrons. The van der Waals surface area contributed by atoms with E-state index in [2.05, 4.69) is 5.32 Å². The maximum atomic E-state index is 11.7. The topological polar surface area (TPSA) is 128 Å². The van der Waals surface area contributed by atoms with Crippen molar-refractivity contribution in [3.8, 4) is 0 Å². The second kappa shape index (κ2) is 7.68. The summed E-state index contributed by atoms with van der Waals surface area (Å²) in [6, 6.07) is -0.664. The van der Waals surface area contributed by atoms with E-state index < -0.39 is 23.5 Å². The maximum Gasteiger partial charge on any atom is 0.244 e. The Hall–Kier alpha value is -1.02. The summed E-state index contributed by atoms with van der Waals surface area (Å²) in [4.78, 5) is 23.5. The Labute approximate surface area is 119 Å². The van der Waals surface area contributed by atoms with E-state index in [1.54, 1.807) is 0 Å². The fraction of sp³-hybridized carbons (Fsp3) is 0.846. The largest absolute Gasteiger partial charge is 0.358 e. The number of ether oxygens (including phenoxy) is 1. The normalized spacial score (nSPS) is 28.2. The molecule has 116 valence electrons. The lowest BCUT2D eigenvalue weighted by atomic mass is 9.96. The second-order valence-corrected chi connectivity index (χ2v) is 5.44. The molecule has 0 aromatic heterocycles. The Bertz CT molecular complexity index is 351. The van der Waals surface area contributed by atoms with Gasteiger partial charge < -0.3 is 26.6 Å². The minimum Gasteiger partial charge on any atom is -0.358 e. The highest BCUT2D eigenvalue weighted by Gasteiger charge is 2.41. The van der Waals surface area contributed by atoms with Gasteiger partial charge in [-0.25, -0.2) is 0 Å². The van der Waals surface area contributed by atoms with Gasteiger partial charge >= 0.3 is 0 Å². The standard InChI is InChI=1S/C13H25N3O4/c1-9-6-11(17)13(19,20-7-9)8-16-12(18)10(15)4-2-3-5-14/h9-10,19H,2-8,14-15H2,1H3,(H,16,18)/t9?,10-,13+/m0/s1. The summed E-state index contributed by atoms with van der Waals surface area (Å²) in [6.07, 6.45) is 2.34.